The Hall–Kier alpha value is -1.08. The standard InChI is InChI=1S/C12H20N2O2/c1-4-14(8-9(2)7-13)12(15)11-10(3)5-6-16-11/h9-11H,4-6,8H2,1-3H3. The van der Waals surface area contributed by atoms with Crippen LogP contribution < -0.4 is 0 Å². The predicted octanol–water partition coefficient (Wildman–Crippen LogP) is 1.42. The lowest BCUT2D eigenvalue weighted by Gasteiger charge is -2.26. The van der Waals surface area contributed by atoms with Crippen LogP contribution in [0.2, 0.25) is 0 Å². The molecule has 1 amide bonds. The zero-order valence-electron chi connectivity index (χ0n) is 10.3. The van der Waals surface area contributed by atoms with Gasteiger partial charge in [0.05, 0.1) is 12.0 Å². The molecule has 1 saturated heterocycles. The van der Waals surface area contributed by atoms with E-state index in [0.29, 0.717) is 25.6 Å². The fraction of sp³-hybridized carbons (Fsp3) is 0.833. The molecule has 4 heteroatoms. The minimum Gasteiger partial charge on any atom is -0.368 e. The van der Waals surface area contributed by atoms with Gasteiger partial charge in [0, 0.05) is 19.7 Å². The molecule has 1 fully saturated rings. The Morgan fingerprint density at radius 1 is 1.69 bits per heavy atom. The first-order valence-electron chi connectivity index (χ1n) is 5.90. The van der Waals surface area contributed by atoms with Crippen LogP contribution in [-0.2, 0) is 9.53 Å². The summed E-state index contributed by atoms with van der Waals surface area (Å²) < 4.78 is 5.45. The fourth-order valence-corrected chi connectivity index (χ4v) is 1.94. The van der Waals surface area contributed by atoms with Crippen LogP contribution in [0.5, 0.6) is 0 Å². The number of likely N-dealkylation sites (N-methyl/N-ethyl adjacent to an activating group) is 1. The van der Waals surface area contributed by atoms with E-state index in [1.54, 1.807) is 4.90 Å². The third-order valence-electron chi connectivity index (χ3n) is 3.04. The number of carbonyl (C=O) groups is 1. The van der Waals surface area contributed by atoms with E-state index >= 15 is 0 Å². The van der Waals surface area contributed by atoms with E-state index in [1.165, 1.54) is 0 Å². The largest absolute Gasteiger partial charge is 0.368 e. The number of hydrogen-bond acceptors (Lipinski definition) is 3. The van der Waals surface area contributed by atoms with Crippen LogP contribution in [0.4, 0.5) is 0 Å². The third kappa shape index (κ3) is 2.96. The Balaban J connectivity index is 2.59. The summed E-state index contributed by atoms with van der Waals surface area (Å²) in [4.78, 5) is 13.9. The first-order chi connectivity index (χ1) is 7.60. The molecule has 0 radical (unpaired) electrons. The van der Waals surface area contributed by atoms with Gasteiger partial charge in [-0.25, -0.2) is 0 Å². The van der Waals surface area contributed by atoms with Gasteiger partial charge in [-0.05, 0) is 26.2 Å². The van der Waals surface area contributed by atoms with Gasteiger partial charge in [-0.3, -0.25) is 4.79 Å². The van der Waals surface area contributed by atoms with Gasteiger partial charge < -0.3 is 9.64 Å². The Labute approximate surface area is 97.2 Å². The van der Waals surface area contributed by atoms with Gasteiger partial charge in [-0.1, -0.05) is 6.92 Å². The summed E-state index contributed by atoms with van der Waals surface area (Å²) in [5, 5.41) is 8.76. The Morgan fingerprint density at radius 2 is 2.38 bits per heavy atom. The normalized spacial score (nSPS) is 26.1. The smallest absolute Gasteiger partial charge is 0.252 e. The summed E-state index contributed by atoms with van der Waals surface area (Å²) in [6.45, 7) is 7.60. The van der Waals surface area contributed by atoms with Gasteiger partial charge in [-0.2, -0.15) is 5.26 Å². The SMILES string of the molecule is CCN(CC(C)C#N)C(=O)C1OCCC1C. The highest BCUT2D eigenvalue weighted by Crippen LogP contribution is 2.22. The van der Waals surface area contributed by atoms with E-state index in [-0.39, 0.29) is 17.9 Å². The monoisotopic (exact) mass is 224 g/mol. The summed E-state index contributed by atoms with van der Waals surface area (Å²) in [6, 6.07) is 2.15. The number of rotatable bonds is 4. The molecule has 0 aromatic rings. The van der Waals surface area contributed by atoms with Crippen molar-refractivity contribution in [1.29, 1.82) is 5.26 Å². The van der Waals surface area contributed by atoms with Gasteiger partial charge in [0.2, 0.25) is 0 Å². The van der Waals surface area contributed by atoms with Gasteiger partial charge >= 0.3 is 0 Å². The van der Waals surface area contributed by atoms with Crippen LogP contribution in [0.1, 0.15) is 27.2 Å². The van der Waals surface area contributed by atoms with Crippen molar-refractivity contribution in [2.45, 2.75) is 33.3 Å². The summed E-state index contributed by atoms with van der Waals surface area (Å²) in [6.07, 6.45) is 0.646. The van der Waals surface area contributed by atoms with E-state index in [2.05, 4.69) is 6.07 Å². The lowest BCUT2D eigenvalue weighted by atomic mass is 10.0. The van der Waals surface area contributed by atoms with Crippen molar-refractivity contribution in [2.75, 3.05) is 19.7 Å². The second kappa shape index (κ2) is 5.86. The van der Waals surface area contributed by atoms with E-state index in [4.69, 9.17) is 10.00 Å². The maximum Gasteiger partial charge on any atom is 0.252 e. The number of ether oxygens (including phenoxy) is 1. The number of carbonyl (C=O) groups excluding carboxylic acids is 1. The van der Waals surface area contributed by atoms with E-state index in [1.807, 2.05) is 20.8 Å². The molecule has 0 bridgehead atoms. The molecule has 1 rings (SSSR count). The van der Waals surface area contributed by atoms with Crippen LogP contribution in [0.15, 0.2) is 0 Å². The highest BCUT2D eigenvalue weighted by atomic mass is 16.5. The molecule has 4 nitrogen and oxygen atoms in total. The van der Waals surface area contributed by atoms with Crippen molar-refractivity contribution in [3.8, 4) is 6.07 Å². The molecule has 3 unspecified atom stereocenters. The molecule has 90 valence electrons. The lowest BCUT2D eigenvalue weighted by Crippen LogP contribution is -2.42. The van der Waals surface area contributed by atoms with Crippen molar-refractivity contribution in [1.82, 2.24) is 4.90 Å². The van der Waals surface area contributed by atoms with Gasteiger partial charge in [-0.15, -0.1) is 0 Å². The van der Waals surface area contributed by atoms with Crippen molar-refractivity contribution >= 4 is 5.91 Å². The van der Waals surface area contributed by atoms with Crippen LogP contribution in [0.3, 0.4) is 0 Å². The van der Waals surface area contributed by atoms with Crippen molar-refractivity contribution in [3.63, 3.8) is 0 Å². The van der Waals surface area contributed by atoms with E-state index in [0.717, 1.165) is 6.42 Å². The third-order valence-corrected chi connectivity index (χ3v) is 3.04. The summed E-state index contributed by atoms with van der Waals surface area (Å²) in [5.74, 6) is 0.203. The average Bonchev–Trinajstić information content (AvgIpc) is 2.71. The highest BCUT2D eigenvalue weighted by Gasteiger charge is 2.33. The molecule has 3 atom stereocenters. The molecule has 0 aromatic heterocycles. The van der Waals surface area contributed by atoms with E-state index < -0.39 is 0 Å². The molecule has 1 aliphatic rings. The number of nitriles is 1. The molecule has 0 saturated carbocycles. The molecule has 0 N–H and O–H groups in total. The minimum absolute atomic E-state index is 0.0367. The van der Waals surface area contributed by atoms with E-state index in [9.17, 15) is 4.79 Å². The first-order valence-corrected chi connectivity index (χ1v) is 5.90. The van der Waals surface area contributed by atoms with Crippen LogP contribution in [0, 0.1) is 23.2 Å². The Bertz CT molecular complexity index is 285. The molecule has 0 aliphatic carbocycles. The van der Waals surface area contributed by atoms with Gasteiger partial charge in [0.15, 0.2) is 0 Å². The second-order valence-corrected chi connectivity index (χ2v) is 4.46. The maximum atomic E-state index is 12.1. The highest BCUT2D eigenvalue weighted by molar-refractivity contribution is 5.81. The predicted molar refractivity (Wildman–Crippen MR) is 60.6 cm³/mol. The van der Waals surface area contributed by atoms with Crippen molar-refractivity contribution in [3.05, 3.63) is 0 Å². The molecular weight excluding hydrogens is 204 g/mol. The fourth-order valence-electron chi connectivity index (χ4n) is 1.94. The minimum atomic E-state index is -0.300. The van der Waals surface area contributed by atoms with Crippen molar-refractivity contribution < 1.29 is 9.53 Å². The lowest BCUT2D eigenvalue weighted by molar-refractivity contribution is -0.142. The molecule has 0 aromatic carbocycles. The zero-order chi connectivity index (χ0) is 12.1. The molecule has 16 heavy (non-hydrogen) atoms. The second-order valence-electron chi connectivity index (χ2n) is 4.46. The topological polar surface area (TPSA) is 53.3 Å². The van der Waals surface area contributed by atoms with Crippen LogP contribution >= 0.6 is 0 Å². The first kappa shape index (κ1) is 13.0. The Kier molecular flexibility index (Phi) is 4.75. The Morgan fingerprint density at radius 3 is 2.81 bits per heavy atom. The average molecular weight is 224 g/mol. The summed E-state index contributed by atoms with van der Waals surface area (Å²) in [5.41, 5.74) is 0. The number of amides is 1. The molecular formula is C12H20N2O2. The quantitative estimate of drug-likeness (QED) is 0.725. The summed E-state index contributed by atoms with van der Waals surface area (Å²) in [7, 11) is 0. The molecule has 0 spiro atoms. The maximum absolute atomic E-state index is 12.1. The number of hydrogen-bond donors (Lipinski definition) is 0. The van der Waals surface area contributed by atoms with Gasteiger partial charge in [0.1, 0.15) is 6.10 Å². The molecule has 1 heterocycles. The molecule has 1 aliphatic heterocycles. The zero-order valence-corrected chi connectivity index (χ0v) is 10.3. The number of nitrogens with zero attached hydrogens (tertiary/aromatic N) is 2. The van der Waals surface area contributed by atoms with Crippen LogP contribution in [0.25, 0.3) is 0 Å². The van der Waals surface area contributed by atoms with Gasteiger partial charge in [0.25, 0.3) is 5.91 Å². The van der Waals surface area contributed by atoms with Crippen LogP contribution in [-0.4, -0.2) is 36.6 Å². The van der Waals surface area contributed by atoms with Crippen molar-refractivity contribution in [2.24, 2.45) is 11.8 Å². The summed E-state index contributed by atoms with van der Waals surface area (Å²) >= 11 is 0.